The third-order valence-electron chi connectivity index (χ3n) is 8.81. The lowest BCUT2D eigenvalue weighted by Gasteiger charge is -2.63. The van der Waals surface area contributed by atoms with Crippen LogP contribution >= 0.6 is 12.6 Å². The molecule has 1 heterocycles. The average Bonchev–Trinajstić information content (AvgIpc) is 3.11. The molecule has 162 valence electrons. The van der Waals surface area contributed by atoms with Crippen molar-refractivity contribution in [3.05, 3.63) is 35.9 Å². The van der Waals surface area contributed by atoms with E-state index in [1.807, 2.05) is 0 Å². The number of thiol groups is 1. The van der Waals surface area contributed by atoms with Gasteiger partial charge in [0.25, 0.3) is 6.01 Å². The maximum atomic E-state index is 17.0. The quantitative estimate of drug-likeness (QED) is 0.612. The number of alkyl halides is 2. The van der Waals surface area contributed by atoms with Crippen molar-refractivity contribution in [2.75, 3.05) is 0 Å². The van der Waals surface area contributed by atoms with E-state index < -0.39 is 69.0 Å². The highest BCUT2D eigenvalue weighted by molar-refractivity contribution is 7.96. The van der Waals surface area contributed by atoms with Crippen LogP contribution < -0.4 is 0 Å². The van der Waals surface area contributed by atoms with Crippen LogP contribution in [0.3, 0.4) is 0 Å². The number of aliphatic hydroxyl groups excluding tert-OH is 1. The number of carbonyl (C=O) groups excluding carboxylic acids is 2. The summed E-state index contributed by atoms with van der Waals surface area (Å²) in [6.45, 7) is 3.19. The minimum Gasteiger partial charge on any atom is -0.454 e. The third kappa shape index (κ3) is 2.01. The number of ether oxygens (including phenoxy) is 1. The lowest BCUT2D eigenvalue weighted by Crippen LogP contribution is -2.70. The van der Waals surface area contributed by atoms with E-state index >= 15 is 8.78 Å². The molecule has 0 aromatic carbocycles. The van der Waals surface area contributed by atoms with E-state index in [0.717, 1.165) is 6.08 Å². The Kier molecular flexibility index (Phi) is 3.95. The molecule has 1 N–H and O–H groups in total. The van der Waals surface area contributed by atoms with Crippen LogP contribution in [-0.2, 0) is 14.3 Å². The molecule has 1 aliphatic heterocycles. The Balaban J connectivity index is 1.67. The number of halogens is 3. The molecule has 0 aromatic heterocycles. The molecule has 0 spiro atoms. The second kappa shape index (κ2) is 5.82. The van der Waals surface area contributed by atoms with Gasteiger partial charge in [0.2, 0.25) is 5.12 Å². The Bertz CT molecular complexity index is 962. The van der Waals surface area contributed by atoms with Crippen LogP contribution in [0, 0.1) is 28.6 Å². The number of allylic oxidation sites excluding steroid dienone is 4. The highest BCUT2D eigenvalue weighted by atomic mass is 32.1. The van der Waals surface area contributed by atoms with Gasteiger partial charge in [-0.15, -0.1) is 12.6 Å². The summed E-state index contributed by atoms with van der Waals surface area (Å²) in [7, 11) is 0. The van der Waals surface area contributed by atoms with E-state index in [1.165, 1.54) is 25.2 Å². The summed E-state index contributed by atoms with van der Waals surface area (Å²) in [4.78, 5) is 24.5. The molecule has 5 aliphatic rings. The molecule has 3 fully saturated rings. The standard InChI is InChI=1S/C22H23F3O4S/c1-19-4-3-11(26)7-14(19)15(23)8-13-12-5-10-6-17(24)29-22(10,18(28)30)20(12,2)9-16(27)21(13,19)25/h3-4,6-7,10,12-13,15-16,27H,5,8-9H2,1-2H3,(H,28,30)/t10-,12?,13?,15-,16-,19?,20?,21-,22-/m0/s1. The minimum absolute atomic E-state index is 0.0387. The molecule has 30 heavy (non-hydrogen) atoms. The van der Waals surface area contributed by atoms with Crippen molar-refractivity contribution in [3.8, 4) is 0 Å². The van der Waals surface area contributed by atoms with E-state index in [1.54, 1.807) is 6.92 Å². The Hall–Kier alpha value is -1.54. The van der Waals surface area contributed by atoms with Crippen LogP contribution in [0.2, 0.25) is 0 Å². The zero-order valence-electron chi connectivity index (χ0n) is 16.6. The topological polar surface area (TPSA) is 63.6 Å². The number of fused-ring (bicyclic) bond motifs is 7. The number of hydrogen-bond donors (Lipinski definition) is 2. The van der Waals surface area contributed by atoms with Crippen molar-refractivity contribution < 1.29 is 32.6 Å². The molecule has 5 rings (SSSR count). The van der Waals surface area contributed by atoms with Gasteiger partial charge in [-0.1, -0.05) is 13.0 Å². The van der Waals surface area contributed by atoms with Gasteiger partial charge in [-0.3, -0.25) is 9.59 Å². The first-order chi connectivity index (χ1) is 13.9. The highest BCUT2D eigenvalue weighted by Crippen LogP contribution is 2.73. The molecule has 8 heteroatoms. The summed E-state index contributed by atoms with van der Waals surface area (Å²) in [5.41, 5.74) is -6.50. The zero-order valence-corrected chi connectivity index (χ0v) is 17.5. The molecule has 0 radical (unpaired) electrons. The smallest absolute Gasteiger partial charge is 0.270 e. The largest absolute Gasteiger partial charge is 0.454 e. The van der Waals surface area contributed by atoms with Crippen molar-refractivity contribution >= 4 is 23.5 Å². The Morgan fingerprint density at radius 3 is 2.67 bits per heavy atom. The van der Waals surface area contributed by atoms with Crippen molar-refractivity contribution in [3.63, 3.8) is 0 Å². The highest BCUT2D eigenvalue weighted by Gasteiger charge is 2.79. The number of carbonyl (C=O) groups is 2. The van der Waals surface area contributed by atoms with E-state index in [0.29, 0.717) is 0 Å². The van der Waals surface area contributed by atoms with Crippen molar-refractivity contribution in [2.45, 2.75) is 56.7 Å². The first-order valence-electron chi connectivity index (χ1n) is 10.2. The van der Waals surface area contributed by atoms with Gasteiger partial charge in [0.05, 0.1) is 6.10 Å². The first kappa shape index (κ1) is 20.4. The molecular formula is C22H23F3O4S. The van der Waals surface area contributed by atoms with Gasteiger partial charge in [-0.2, -0.15) is 4.39 Å². The molecule has 4 unspecified atom stereocenters. The van der Waals surface area contributed by atoms with Gasteiger partial charge in [-0.25, -0.2) is 8.78 Å². The molecule has 4 nitrogen and oxygen atoms in total. The minimum atomic E-state index is -2.25. The van der Waals surface area contributed by atoms with Crippen molar-refractivity contribution in [1.82, 2.24) is 0 Å². The maximum absolute atomic E-state index is 17.0. The number of ketones is 1. The van der Waals surface area contributed by atoms with Crippen LogP contribution in [0.15, 0.2) is 35.9 Å². The van der Waals surface area contributed by atoms with E-state index in [2.05, 4.69) is 12.6 Å². The van der Waals surface area contributed by atoms with Gasteiger partial charge in [0, 0.05) is 22.7 Å². The molecule has 0 amide bonds. The van der Waals surface area contributed by atoms with Gasteiger partial charge in [0.15, 0.2) is 17.1 Å². The summed E-state index contributed by atoms with van der Waals surface area (Å²) >= 11 is 3.99. The summed E-state index contributed by atoms with van der Waals surface area (Å²) < 4.78 is 51.8. The second-order valence-corrected chi connectivity index (χ2v) is 10.2. The monoisotopic (exact) mass is 440 g/mol. The summed E-state index contributed by atoms with van der Waals surface area (Å²) in [5.74, 6) is -2.57. The van der Waals surface area contributed by atoms with Crippen molar-refractivity contribution in [2.24, 2.45) is 28.6 Å². The van der Waals surface area contributed by atoms with Gasteiger partial charge >= 0.3 is 0 Å². The summed E-state index contributed by atoms with van der Waals surface area (Å²) in [6, 6.07) is -0.883. The SMILES string of the molecule is CC12C[C@H](O)[C@@]3(F)C(C[C@H](F)C4=CC(=O)C=CC43C)C1C[C@H]1C=C(F)O[C@]12C(=O)S. The molecule has 0 bridgehead atoms. The average molecular weight is 440 g/mol. The molecule has 0 saturated heterocycles. The number of rotatable bonds is 1. The predicted molar refractivity (Wildman–Crippen MR) is 105 cm³/mol. The normalized spacial score (nSPS) is 53.7. The predicted octanol–water partition coefficient (Wildman–Crippen LogP) is 3.57. The van der Waals surface area contributed by atoms with Gasteiger partial charge in [0.1, 0.15) is 6.17 Å². The van der Waals surface area contributed by atoms with E-state index in [-0.39, 0.29) is 24.8 Å². The fraction of sp³-hybridized carbons (Fsp3) is 0.636. The number of aliphatic hydroxyl groups is 1. The first-order valence-corrected chi connectivity index (χ1v) is 10.6. The molecule has 3 saturated carbocycles. The Morgan fingerprint density at radius 2 is 2.00 bits per heavy atom. The van der Waals surface area contributed by atoms with E-state index in [9.17, 15) is 19.1 Å². The molecule has 0 aromatic rings. The second-order valence-electron chi connectivity index (χ2n) is 9.82. The Labute approximate surface area is 177 Å². The Morgan fingerprint density at radius 1 is 1.30 bits per heavy atom. The molecule has 4 aliphatic carbocycles. The van der Waals surface area contributed by atoms with Crippen molar-refractivity contribution in [1.29, 1.82) is 0 Å². The molecular weight excluding hydrogens is 417 g/mol. The fourth-order valence-corrected chi connectivity index (χ4v) is 7.92. The van der Waals surface area contributed by atoms with Crippen LogP contribution in [0.5, 0.6) is 0 Å². The van der Waals surface area contributed by atoms with Gasteiger partial charge in [-0.05, 0) is 55.9 Å². The van der Waals surface area contributed by atoms with Crippen LogP contribution in [0.25, 0.3) is 0 Å². The van der Waals surface area contributed by atoms with Crippen LogP contribution in [0.1, 0.15) is 33.1 Å². The van der Waals surface area contributed by atoms with Gasteiger partial charge < -0.3 is 9.84 Å². The lowest BCUT2D eigenvalue weighted by molar-refractivity contribution is -0.223. The fourth-order valence-electron chi connectivity index (χ4n) is 7.45. The molecule has 9 atom stereocenters. The maximum Gasteiger partial charge on any atom is 0.270 e. The number of hydrogen-bond acceptors (Lipinski definition) is 4. The summed E-state index contributed by atoms with van der Waals surface area (Å²) in [5, 5.41) is 10.5. The van der Waals surface area contributed by atoms with Crippen LogP contribution in [0.4, 0.5) is 13.2 Å². The third-order valence-corrected chi connectivity index (χ3v) is 9.14. The van der Waals surface area contributed by atoms with E-state index in [4.69, 9.17) is 4.74 Å². The summed E-state index contributed by atoms with van der Waals surface area (Å²) in [6.07, 6.45) is 1.61. The van der Waals surface area contributed by atoms with Crippen LogP contribution in [-0.4, -0.2) is 39.6 Å². The lowest BCUT2D eigenvalue weighted by atomic mass is 9.44. The zero-order chi connectivity index (χ0) is 21.9.